The number of carbonyl (C=O) groups excluding carboxylic acids is 2. The molecule has 1 saturated heterocycles. The average molecular weight is 362 g/mol. The van der Waals surface area contributed by atoms with Gasteiger partial charge in [-0.05, 0) is 36.2 Å². The van der Waals surface area contributed by atoms with E-state index in [0.29, 0.717) is 5.69 Å². The van der Waals surface area contributed by atoms with Crippen LogP contribution in [0.3, 0.4) is 0 Å². The Morgan fingerprint density at radius 1 is 1.12 bits per heavy atom. The van der Waals surface area contributed by atoms with Crippen molar-refractivity contribution in [1.82, 2.24) is 0 Å². The van der Waals surface area contributed by atoms with E-state index in [2.05, 4.69) is 5.32 Å². The number of rotatable bonds is 4. The second kappa shape index (κ2) is 7.19. The fourth-order valence-corrected chi connectivity index (χ4v) is 2.91. The molecule has 0 bridgehead atoms. The first-order chi connectivity index (χ1) is 12.4. The van der Waals surface area contributed by atoms with Crippen molar-refractivity contribution in [2.45, 2.75) is 19.8 Å². The Morgan fingerprint density at radius 3 is 2.46 bits per heavy atom. The standard InChI is InChI=1S/C19H17F3N2O2/c1-2-11-3-5-13(6-4-11)23-19(26)12-9-16(25)24(10-12)15-8-7-14(20)17(21)18(15)22/h3-8,12H,2,9-10H2,1H3,(H,23,26). The van der Waals surface area contributed by atoms with Gasteiger partial charge >= 0.3 is 0 Å². The van der Waals surface area contributed by atoms with E-state index in [-0.39, 0.29) is 24.6 Å². The molecule has 26 heavy (non-hydrogen) atoms. The van der Waals surface area contributed by atoms with E-state index in [9.17, 15) is 22.8 Å². The number of benzene rings is 2. The first-order valence-corrected chi connectivity index (χ1v) is 8.24. The lowest BCUT2D eigenvalue weighted by Crippen LogP contribution is -2.29. The number of carbonyl (C=O) groups is 2. The van der Waals surface area contributed by atoms with Gasteiger partial charge in [0, 0.05) is 18.7 Å². The van der Waals surface area contributed by atoms with E-state index in [1.165, 1.54) is 0 Å². The summed E-state index contributed by atoms with van der Waals surface area (Å²) in [6, 6.07) is 9.05. The van der Waals surface area contributed by atoms with E-state index in [1.54, 1.807) is 12.1 Å². The molecule has 2 amide bonds. The van der Waals surface area contributed by atoms with Crippen molar-refractivity contribution in [3.8, 4) is 0 Å². The lowest BCUT2D eigenvalue weighted by Gasteiger charge is -2.18. The zero-order valence-electron chi connectivity index (χ0n) is 14.1. The summed E-state index contributed by atoms with van der Waals surface area (Å²) in [5.74, 6) is -6.01. The number of hydrogen-bond donors (Lipinski definition) is 1. The molecule has 2 aromatic carbocycles. The second-order valence-electron chi connectivity index (χ2n) is 6.14. The summed E-state index contributed by atoms with van der Waals surface area (Å²) < 4.78 is 40.4. The van der Waals surface area contributed by atoms with Gasteiger partial charge in [0.1, 0.15) is 0 Å². The molecule has 1 heterocycles. The second-order valence-corrected chi connectivity index (χ2v) is 6.14. The monoisotopic (exact) mass is 362 g/mol. The predicted octanol–water partition coefficient (Wildman–Crippen LogP) is 3.66. The topological polar surface area (TPSA) is 49.4 Å². The molecule has 2 aromatic rings. The van der Waals surface area contributed by atoms with Crippen LogP contribution in [-0.2, 0) is 16.0 Å². The summed E-state index contributed by atoms with van der Waals surface area (Å²) in [6.07, 6.45) is 0.747. The van der Waals surface area contributed by atoms with Crippen LogP contribution in [0.4, 0.5) is 24.5 Å². The molecular formula is C19H17F3N2O2. The summed E-state index contributed by atoms with van der Waals surface area (Å²) in [6.45, 7) is 1.92. The SMILES string of the molecule is CCc1ccc(NC(=O)C2CC(=O)N(c3ccc(F)c(F)c3F)C2)cc1. The van der Waals surface area contributed by atoms with E-state index in [1.807, 2.05) is 19.1 Å². The zero-order valence-corrected chi connectivity index (χ0v) is 14.1. The van der Waals surface area contributed by atoms with Gasteiger partial charge in [0.15, 0.2) is 17.5 Å². The fourth-order valence-electron chi connectivity index (χ4n) is 2.91. The molecule has 0 spiro atoms. The number of halogens is 3. The Kier molecular flexibility index (Phi) is 4.97. The molecule has 4 nitrogen and oxygen atoms in total. The summed E-state index contributed by atoms with van der Waals surface area (Å²) in [5, 5.41) is 2.72. The summed E-state index contributed by atoms with van der Waals surface area (Å²) in [4.78, 5) is 25.5. The number of hydrogen-bond acceptors (Lipinski definition) is 2. The Morgan fingerprint density at radius 2 is 1.81 bits per heavy atom. The number of aryl methyl sites for hydroxylation is 1. The molecule has 1 fully saturated rings. The molecule has 1 N–H and O–H groups in total. The van der Waals surface area contributed by atoms with Crippen LogP contribution < -0.4 is 10.2 Å². The molecule has 0 aromatic heterocycles. The number of anilines is 2. The molecule has 0 saturated carbocycles. The minimum Gasteiger partial charge on any atom is -0.326 e. The van der Waals surface area contributed by atoms with Crippen LogP contribution in [0.5, 0.6) is 0 Å². The first kappa shape index (κ1) is 18.0. The Labute approximate surface area is 148 Å². The van der Waals surface area contributed by atoms with Gasteiger partial charge in [-0.2, -0.15) is 0 Å². The molecule has 1 aliphatic rings. The Hall–Kier alpha value is -2.83. The van der Waals surface area contributed by atoms with Crippen LogP contribution in [0.25, 0.3) is 0 Å². The van der Waals surface area contributed by atoms with Crippen LogP contribution in [0.15, 0.2) is 36.4 Å². The van der Waals surface area contributed by atoms with Crippen molar-refractivity contribution in [3.63, 3.8) is 0 Å². The van der Waals surface area contributed by atoms with E-state index < -0.39 is 29.3 Å². The van der Waals surface area contributed by atoms with Crippen molar-refractivity contribution < 1.29 is 22.8 Å². The summed E-state index contributed by atoms with van der Waals surface area (Å²) >= 11 is 0. The number of nitrogens with zero attached hydrogens (tertiary/aromatic N) is 1. The summed E-state index contributed by atoms with van der Waals surface area (Å²) in [5.41, 5.74) is 1.35. The molecule has 1 unspecified atom stereocenters. The Bertz CT molecular complexity index is 853. The third-order valence-corrected chi connectivity index (χ3v) is 4.43. The first-order valence-electron chi connectivity index (χ1n) is 8.24. The van der Waals surface area contributed by atoms with Gasteiger partial charge in [-0.15, -0.1) is 0 Å². The maximum Gasteiger partial charge on any atom is 0.229 e. The van der Waals surface area contributed by atoms with E-state index >= 15 is 0 Å². The molecule has 1 aliphatic heterocycles. The van der Waals surface area contributed by atoms with Gasteiger partial charge in [0.05, 0.1) is 11.6 Å². The molecule has 1 atom stereocenters. The molecule has 0 radical (unpaired) electrons. The minimum absolute atomic E-state index is 0.0975. The third-order valence-electron chi connectivity index (χ3n) is 4.43. The molecule has 0 aliphatic carbocycles. The van der Waals surface area contributed by atoms with Gasteiger partial charge in [0.2, 0.25) is 11.8 Å². The minimum atomic E-state index is -1.64. The highest BCUT2D eigenvalue weighted by Crippen LogP contribution is 2.30. The quantitative estimate of drug-likeness (QED) is 0.844. The lowest BCUT2D eigenvalue weighted by atomic mass is 10.1. The van der Waals surface area contributed by atoms with Crippen LogP contribution in [-0.4, -0.2) is 18.4 Å². The zero-order chi connectivity index (χ0) is 18.8. The normalized spacial score (nSPS) is 16.8. The van der Waals surface area contributed by atoms with Crippen molar-refractivity contribution in [3.05, 3.63) is 59.4 Å². The van der Waals surface area contributed by atoms with Crippen molar-refractivity contribution in [1.29, 1.82) is 0 Å². The Balaban J connectivity index is 1.72. The van der Waals surface area contributed by atoms with Crippen LogP contribution in [0.1, 0.15) is 18.9 Å². The molecule has 136 valence electrons. The fraction of sp³-hybridized carbons (Fsp3) is 0.263. The maximum atomic E-state index is 13.9. The number of amides is 2. The van der Waals surface area contributed by atoms with Crippen LogP contribution >= 0.6 is 0 Å². The highest BCUT2D eigenvalue weighted by molar-refractivity contribution is 6.03. The molecule has 7 heteroatoms. The van der Waals surface area contributed by atoms with Gasteiger partial charge in [0.25, 0.3) is 0 Å². The maximum absolute atomic E-state index is 13.9. The highest BCUT2D eigenvalue weighted by atomic mass is 19.2. The van der Waals surface area contributed by atoms with Crippen LogP contribution in [0.2, 0.25) is 0 Å². The average Bonchev–Trinajstić information content (AvgIpc) is 3.02. The van der Waals surface area contributed by atoms with Crippen molar-refractivity contribution >= 4 is 23.2 Å². The predicted molar refractivity (Wildman–Crippen MR) is 91.2 cm³/mol. The number of nitrogens with one attached hydrogen (secondary N) is 1. The third kappa shape index (κ3) is 3.42. The van der Waals surface area contributed by atoms with Gasteiger partial charge in [-0.3, -0.25) is 9.59 Å². The van der Waals surface area contributed by atoms with Crippen LogP contribution in [0, 0.1) is 23.4 Å². The van der Waals surface area contributed by atoms with E-state index in [0.717, 1.165) is 29.0 Å². The van der Waals surface area contributed by atoms with Crippen molar-refractivity contribution in [2.75, 3.05) is 16.8 Å². The lowest BCUT2D eigenvalue weighted by molar-refractivity contribution is -0.122. The van der Waals surface area contributed by atoms with E-state index in [4.69, 9.17) is 0 Å². The van der Waals surface area contributed by atoms with Crippen molar-refractivity contribution in [2.24, 2.45) is 5.92 Å². The van der Waals surface area contributed by atoms with Gasteiger partial charge in [-0.25, -0.2) is 13.2 Å². The summed E-state index contributed by atoms with van der Waals surface area (Å²) in [7, 11) is 0. The van der Waals surface area contributed by atoms with Gasteiger partial charge in [-0.1, -0.05) is 19.1 Å². The smallest absolute Gasteiger partial charge is 0.229 e. The molecule has 3 rings (SSSR count). The van der Waals surface area contributed by atoms with Gasteiger partial charge < -0.3 is 10.2 Å². The molecular weight excluding hydrogens is 345 g/mol. The largest absolute Gasteiger partial charge is 0.326 e. The highest BCUT2D eigenvalue weighted by Gasteiger charge is 2.37.